The molecule has 0 saturated carbocycles. The van der Waals surface area contributed by atoms with Crippen molar-refractivity contribution in [2.45, 2.75) is 27.7 Å². The van der Waals surface area contributed by atoms with Crippen LogP contribution in [0.5, 0.6) is 0 Å². The van der Waals surface area contributed by atoms with Gasteiger partial charge in [-0.25, -0.2) is 0 Å². The quantitative estimate of drug-likeness (QED) is 0.575. The number of benzene rings is 1. The molecule has 2 aromatic rings. The number of nitrogens with one attached hydrogen (secondary N) is 1. The minimum Gasteiger partial charge on any atom is -0.361 e. The number of hydrogen-bond donors (Lipinski definition) is 1. The zero-order valence-electron chi connectivity index (χ0n) is 13.2. The van der Waals surface area contributed by atoms with E-state index in [0.29, 0.717) is 5.57 Å². The van der Waals surface area contributed by atoms with Crippen LogP contribution in [0.3, 0.4) is 0 Å². The lowest BCUT2D eigenvalue weighted by molar-refractivity contribution is 1.29. The Bertz CT molecular complexity index is 721. The Morgan fingerprint density at radius 3 is 2.57 bits per heavy atom. The van der Waals surface area contributed by atoms with E-state index in [9.17, 15) is 0 Å². The van der Waals surface area contributed by atoms with E-state index in [4.69, 9.17) is 5.26 Å². The molecule has 0 aliphatic heterocycles. The molecule has 1 heterocycles. The maximum absolute atomic E-state index is 8.63. The molecule has 0 saturated heterocycles. The van der Waals surface area contributed by atoms with Crippen LogP contribution in [0.2, 0.25) is 0 Å². The molecule has 0 aliphatic carbocycles. The fraction of sp³-hybridized carbons (Fsp3) is 0.211. The standard InChI is InChI=1S/C10H13N.C9H9N/c1-5-8(3)9(4)10(6-2)7-11;1-7-2-3-9-8(6-7)4-5-10-9/h5-6H,2H2,1,3-4H3;2-6,10H,1H3/b8-5-,10-9+;. The number of aromatic amines is 1. The smallest absolute Gasteiger partial charge is 0.0994 e. The van der Waals surface area contributed by atoms with Crippen LogP contribution >= 0.6 is 0 Å². The highest BCUT2D eigenvalue weighted by Gasteiger charge is 1.97. The molecule has 21 heavy (non-hydrogen) atoms. The molecule has 0 radical (unpaired) electrons. The van der Waals surface area contributed by atoms with Crippen LogP contribution in [-0.4, -0.2) is 4.98 Å². The Labute approximate surface area is 127 Å². The first-order chi connectivity index (χ1) is 10.0. The third kappa shape index (κ3) is 4.50. The molecule has 1 aromatic heterocycles. The van der Waals surface area contributed by atoms with Crippen molar-refractivity contribution in [3.8, 4) is 6.07 Å². The summed E-state index contributed by atoms with van der Waals surface area (Å²) in [6, 6.07) is 10.6. The topological polar surface area (TPSA) is 39.6 Å². The highest BCUT2D eigenvalue weighted by atomic mass is 14.7. The van der Waals surface area contributed by atoms with Gasteiger partial charge in [0.15, 0.2) is 0 Å². The van der Waals surface area contributed by atoms with Gasteiger partial charge in [0.25, 0.3) is 0 Å². The molecule has 0 bridgehead atoms. The second-order valence-corrected chi connectivity index (χ2v) is 4.89. The second kappa shape index (κ2) is 7.91. The summed E-state index contributed by atoms with van der Waals surface area (Å²) in [5.74, 6) is 0. The number of nitriles is 1. The minimum atomic E-state index is 0.653. The number of aryl methyl sites for hydroxylation is 1. The van der Waals surface area contributed by atoms with Crippen molar-refractivity contribution in [3.05, 3.63) is 71.5 Å². The summed E-state index contributed by atoms with van der Waals surface area (Å²) >= 11 is 0. The Balaban J connectivity index is 0.000000210. The molecule has 0 fully saturated rings. The average molecular weight is 278 g/mol. The van der Waals surface area contributed by atoms with Gasteiger partial charge in [-0.15, -0.1) is 0 Å². The van der Waals surface area contributed by atoms with Crippen molar-refractivity contribution in [2.24, 2.45) is 0 Å². The van der Waals surface area contributed by atoms with E-state index >= 15 is 0 Å². The van der Waals surface area contributed by atoms with Gasteiger partial charge in [-0.1, -0.05) is 35.9 Å². The summed E-state index contributed by atoms with van der Waals surface area (Å²) in [7, 11) is 0. The van der Waals surface area contributed by atoms with Crippen LogP contribution < -0.4 is 0 Å². The first kappa shape index (κ1) is 16.5. The van der Waals surface area contributed by atoms with Crippen molar-refractivity contribution < 1.29 is 0 Å². The number of rotatable bonds is 2. The van der Waals surface area contributed by atoms with Crippen molar-refractivity contribution in [3.63, 3.8) is 0 Å². The van der Waals surface area contributed by atoms with Crippen molar-refractivity contribution in [1.82, 2.24) is 4.98 Å². The van der Waals surface area contributed by atoms with Crippen LogP contribution in [0.1, 0.15) is 26.3 Å². The highest BCUT2D eigenvalue weighted by Crippen LogP contribution is 2.13. The minimum absolute atomic E-state index is 0.653. The number of allylic oxidation sites excluding steroid dienone is 5. The van der Waals surface area contributed by atoms with E-state index in [1.54, 1.807) is 6.08 Å². The van der Waals surface area contributed by atoms with Crippen LogP contribution in [0.4, 0.5) is 0 Å². The normalized spacial score (nSPS) is 12.0. The van der Waals surface area contributed by atoms with Gasteiger partial charge in [0.2, 0.25) is 0 Å². The molecule has 1 aromatic carbocycles. The maximum Gasteiger partial charge on any atom is 0.0994 e. The van der Waals surface area contributed by atoms with Crippen molar-refractivity contribution in [1.29, 1.82) is 5.26 Å². The van der Waals surface area contributed by atoms with E-state index in [-0.39, 0.29) is 0 Å². The highest BCUT2D eigenvalue weighted by molar-refractivity contribution is 5.79. The van der Waals surface area contributed by atoms with E-state index < -0.39 is 0 Å². The lowest BCUT2D eigenvalue weighted by Crippen LogP contribution is -1.83. The van der Waals surface area contributed by atoms with E-state index in [1.165, 1.54) is 16.5 Å². The van der Waals surface area contributed by atoms with E-state index in [1.807, 2.05) is 33.0 Å². The van der Waals surface area contributed by atoms with E-state index in [0.717, 1.165) is 11.1 Å². The SMILES string of the molecule is C=C/C(C#N)=C(C)\C(C)=C/C.Cc1ccc2[nH]ccc2c1. The first-order valence-corrected chi connectivity index (χ1v) is 6.94. The van der Waals surface area contributed by atoms with Gasteiger partial charge in [0.1, 0.15) is 0 Å². The van der Waals surface area contributed by atoms with Gasteiger partial charge >= 0.3 is 0 Å². The van der Waals surface area contributed by atoms with Gasteiger partial charge in [-0.05, 0) is 56.9 Å². The van der Waals surface area contributed by atoms with Crippen LogP contribution in [0.25, 0.3) is 10.9 Å². The summed E-state index contributed by atoms with van der Waals surface area (Å²) in [5.41, 5.74) is 5.31. The lowest BCUT2D eigenvalue weighted by atomic mass is 10.0. The largest absolute Gasteiger partial charge is 0.361 e. The third-order valence-corrected chi connectivity index (χ3v) is 3.46. The molecule has 0 unspecified atom stereocenters. The third-order valence-electron chi connectivity index (χ3n) is 3.46. The molecule has 2 nitrogen and oxygen atoms in total. The zero-order chi connectivity index (χ0) is 15.8. The summed E-state index contributed by atoms with van der Waals surface area (Å²) in [5, 5.41) is 9.93. The molecule has 0 atom stereocenters. The predicted octanol–water partition coefficient (Wildman–Crippen LogP) is 5.46. The fourth-order valence-electron chi connectivity index (χ4n) is 1.88. The monoisotopic (exact) mass is 278 g/mol. The Hall–Kier alpha value is -2.53. The van der Waals surface area contributed by atoms with Crippen LogP contribution in [0.15, 0.2) is 65.9 Å². The molecule has 0 amide bonds. The number of nitrogens with zero attached hydrogens (tertiary/aromatic N) is 1. The molecule has 2 rings (SSSR count). The zero-order valence-corrected chi connectivity index (χ0v) is 13.2. The summed E-state index contributed by atoms with van der Waals surface area (Å²) in [6.45, 7) is 11.5. The van der Waals surface area contributed by atoms with Crippen LogP contribution in [0, 0.1) is 18.3 Å². The van der Waals surface area contributed by atoms with Crippen molar-refractivity contribution in [2.75, 3.05) is 0 Å². The Morgan fingerprint density at radius 1 is 1.29 bits per heavy atom. The van der Waals surface area contributed by atoms with Gasteiger partial charge in [-0.2, -0.15) is 5.26 Å². The molecule has 0 spiro atoms. The van der Waals surface area contributed by atoms with Crippen molar-refractivity contribution >= 4 is 10.9 Å². The molecule has 108 valence electrons. The summed E-state index contributed by atoms with van der Waals surface area (Å²) in [4.78, 5) is 3.15. The van der Waals surface area contributed by atoms with Gasteiger partial charge in [-0.3, -0.25) is 0 Å². The number of hydrogen-bond acceptors (Lipinski definition) is 1. The molecule has 1 N–H and O–H groups in total. The summed E-state index contributed by atoms with van der Waals surface area (Å²) in [6.07, 6.45) is 5.53. The predicted molar refractivity (Wildman–Crippen MR) is 91.0 cm³/mol. The lowest BCUT2D eigenvalue weighted by Gasteiger charge is -2.00. The van der Waals surface area contributed by atoms with Gasteiger partial charge in [0.05, 0.1) is 11.6 Å². The molecule has 2 heteroatoms. The molecular formula is C19H22N2. The Morgan fingerprint density at radius 2 is 2.00 bits per heavy atom. The van der Waals surface area contributed by atoms with Gasteiger partial charge in [0, 0.05) is 11.7 Å². The maximum atomic E-state index is 8.63. The molecule has 0 aliphatic rings. The number of aromatic nitrogens is 1. The number of H-pyrrole nitrogens is 1. The Kier molecular flexibility index (Phi) is 6.23. The first-order valence-electron chi connectivity index (χ1n) is 6.94. The fourth-order valence-corrected chi connectivity index (χ4v) is 1.88. The summed E-state index contributed by atoms with van der Waals surface area (Å²) < 4.78 is 0. The number of fused-ring (bicyclic) bond motifs is 1. The van der Waals surface area contributed by atoms with Crippen LogP contribution in [-0.2, 0) is 0 Å². The van der Waals surface area contributed by atoms with E-state index in [2.05, 4.69) is 48.8 Å². The second-order valence-electron chi connectivity index (χ2n) is 4.89. The average Bonchev–Trinajstić information content (AvgIpc) is 2.95. The molecular weight excluding hydrogens is 256 g/mol. The van der Waals surface area contributed by atoms with Gasteiger partial charge < -0.3 is 4.98 Å².